The van der Waals surface area contributed by atoms with Crippen molar-refractivity contribution in [2.24, 2.45) is 0 Å². The van der Waals surface area contributed by atoms with Gasteiger partial charge in [-0.3, -0.25) is 14.4 Å². The Kier molecular flexibility index (Phi) is 47.9. The highest BCUT2D eigenvalue weighted by Gasteiger charge is 2.19. The van der Waals surface area contributed by atoms with E-state index in [1.807, 2.05) is 0 Å². The average molecular weight is 865 g/mol. The molecule has 0 rings (SSSR count). The highest BCUT2D eigenvalue weighted by atomic mass is 16.6. The Morgan fingerprint density at radius 3 is 0.984 bits per heavy atom. The van der Waals surface area contributed by atoms with E-state index in [2.05, 4.69) is 93.7 Å². The van der Waals surface area contributed by atoms with Crippen molar-refractivity contribution < 1.29 is 28.6 Å². The van der Waals surface area contributed by atoms with Crippen LogP contribution in [0.3, 0.4) is 0 Å². The summed E-state index contributed by atoms with van der Waals surface area (Å²) in [7, 11) is 0. The van der Waals surface area contributed by atoms with Gasteiger partial charge in [0.1, 0.15) is 13.2 Å². The number of allylic oxidation sites excluding steroid dienone is 12. The van der Waals surface area contributed by atoms with E-state index in [0.717, 1.165) is 116 Å². The van der Waals surface area contributed by atoms with E-state index in [1.165, 1.54) is 89.9 Å². The van der Waals surface area contributed by atoms with Gasteiger partial charge in [-0.15, -0.1) is 0 Å². The Morgan fingerprint density at radius 1 is 0.339 bits per heavy atom. The van der Waals surface area contributed by atoms with Gasteiger partial charge in [0.05, 0.1) is 0 Å². The van der Waals surface area contributed by atoms with Crippen molar-refractivity contribution in [1.82, 2.24) is 0 Å². The molecule has 0 radical (unpaired) electrons. The van der Waals surface area contributed by atoms with E-state index in [-0.39, 0.29) is 31.1 Å². The predicted octanol–water partition coefficient (Wildman–Crippen LogP) is 17.0. The Labute approximate surface area is 382 Å². The molecule has 0 aliphatic rings. The Balaban J connectivity index is 4.20. The maximum absolute atomic E-state index is 12.7. The van der Waals surface area contributed by atoms with Crippen molar-refractivity contribution in [2.45, 2.75) is 252 Å². The molecule has 62 heavy (non-hydrogen) atoms. The van der Waals surface area contributed by atoms with E-state index < -0.39 is 6.10 Å². The summed E-state index contributed by atoms with van der Waals surface area (Å²) in [6.07, 6.45) is 63.5. The van der Waals surface area contributed by atoms with E-state index >= 15 is 0 Å². The van der Waals surface area contributed by atoms with Crippen molar-refractivity contribution in [1.29, 1.82) is 0 Å². The second-order valence-electron chi connectivity index (χ2n) is 17.1. The molecular formula is C56H96O6. The van der Waals surface area contributed by atoms with E-state index in [4.69, 9.17) is 14.2 Å². The van der Waals surface area contributed by atoms with Crippen LogP contribution >= 0.6 is 0 Å². The van der Waals surface area contributed by atoms with Crippen LogP contribution in [0.1, 0.15) is 245 Å². The summed E-state index contributed by atoms with van der Waals surface area (Å²) in [6, 6.07) is 0. The summed E-state index contributed by atoms with van der Waals surface area (Å²) in [4.78, 5) is 37.7. The zero-order chi connectivity index (χ0) is 45.1. The predicted molar refractivity (Wildman–Crippen MR) is 265 cm³/mol. The molecule has 6 heteroatoms. The SMILES string of the molecule is CC/C=C\C/C=C\C/C=C\C/C=C\C/C=C\C/C=C\CCCCCCC(=O)OCC(COC(=O)CCCCCCC)OC(=O)CCCCCCCCCCCCCCCCCC. The van der Waals surface area contributed by atoms with Crippen molar-refractivity contribution in [3.05, 3.63) is 72.9 Å². The van der Waals surface area contributed by atoms with Crippen LogP contribution in [0.15, 0.2) is 72.9 Å². The molecule has 0 aliphatic heterocycles. The van der Waals surface area contributed by atoms with Crippen molar-refractivity contribution in [3.63, 3.8) is 0 Å². The first-order chi connectivity index (χ1) is 30.5. The minimum atomic E-state index is -0.780. The largest absolute Gasteiger partial charge is 0.462 e. The normalized spacial score (nSPS) is 12.6. The first kappa shape index (κ1) is 58.9. The molecular weight excluding hydrogens is 769 g/mol. The first-order valence-electron chi connectivity index (χ1n) is 25.9. The first-order valence-corrected chi connectivity index (χ1v) is 25.9. The molecule has 0 N–H and O–H groups in total. The van der Waals surface area contributed by atoms with Gasteiger partial charge in [-0.2, -0.15) is 0 Å². The quantitative estimate of drug-likeness (QED) is 0.0262. The summed E-state index contributed by atoms with van der Waals surface area (Å²) >= 11 is 0. The molecule has 1 atom stereocenters. The van der Waals surface area contributed by atoms with Crippen LogP contribution < -0.4 is 0 Å². The number of unbranched alkanes of at least 4 members (excludes halogenated alkanes) is 23. The lowest BCUT2D eigenvalue weighted by molar-refractivity contribution is -0.167. The van der Waals surface area contributed by atoms with E-state index in [1.54, 1.807) is 0 Å². The number of carbonyl (C=O) groups is 3. The lowest BCUT2D eigenvalue weighted by atomic mass is 10.0. The van der Waals surface area contributed by atoms with Crippen molar-refractivity contribution in [2.75, 3.05) is 13.2 Å². The summed E-state index contributed by atoms with van der Waals surface area (Å²) in [5, 5.41) is 0. The summed E-state index contributed by atoms with van der Waals surface area (Å²) in [5.41, 5.74) is 0. The smallest absolute Gasteiger partial charge is 0.306 e. The molecule has 0 saturated carbocycles. The Morgan fingerprint density at radius 2 is 0.629 bits per heavy atom. The minimum Gasteiger partial charge on any atom is -0.462 e. The molecule has 0 aromatic heterocycles. The van der Waals surface area contributed by atoms with Gasteiger partial charge in [-0.05, 0) is 70.6 Å². The molecule has 0 aliphatic carbocycles. The fraction of sp³-hybridized carbons (Fsp3) is 0.732. The number of hydrogen-bond acceptors (Lipinski definition) is 6. The topological polar surface area (TPSA) is 78.9 Å². The standard InChI is InChI=1S/C56H96O6/c1-4-7-10-13-15-17-19-21-23-25-26-27-28-29-30-31-33-34-36-38-40-43-46-49-55(58)61-52-53(51-60-54(57)48-45-42-12-9-6-3)62-56(59)50-47-44-41-39-37-35-32-24-22-20-18-16-14-11-8-5-2/h7,10,15,17,21,23,26-27,29-30,33-34,53H,4-6,8-9,11-14,16,18-20,22,24-25,28,31-32,35-52H2,1-3H3/b10-7-,17-15-,23-21-,27-26-,30-29-,34-33-. The Hall–Kier alpha value is -3.15. The maximum atomic E-state index is 12.7. The maximum Gasteiger partial charge on any atom is 0.306 e. The second kappa shape index (κ2) is 50.5. The molecule has 0 aromatic carbocycles. The summed E-state index contributed by atoms with van der Waals surface area (Å²) < 4.78 is 16.7. The Bertz CT molecular complexity index is 1180. The lowest BCUT2D eigenvalue weighted by Gasteiger charge is -2.18. The van der Waals surface area contributed by atoms with Crippen LogP contribution in [0.25, 0.3) is 0 Å². The summed E-state index contributed by atoms with van der Waals surface area (Å²) in [5.74, 6) is -0.919. The van der Waals surface area contributed by atoms with Gasteiger partial charge >= 0.3 is 17.9 Å². The molecule has 0 fully saturated rings. The van der Waals surface area contributed by atoms with Gasteiger partial charge in [0.25, 0.3) is 0 Å². The van der Waals surface area contributed by atoms with Crippen LogP contribution in [-0.4, -0.2) is 37.2 Å². The van der Waals surface area contributed by atoms with Gasteiger partial charge in [-0.25, -0.2) is 0 Å². The van der Waals surface area contributed by atoms with Gasteiger partial charge in [0.2, 0.25) is 0 Å². The van der Waals surface area contributed by atoms with Gasteiger partial charge in [0.15, 0.2) is 6.10 Å². The summed E-state index contributed by atoms with van der Waals surface area (Å²) in [6.45, 7) is 6.43. The fourth-order valence-corrected chi connectivity index (χ4v) is 7.09. The monoisotopic (exact) mass is 865 g/mol. The number of hydrogen-bond donors (Lipinski definition) is 0. The molecule has 6 nitrogen and oxygen atoms in total. The van der Waals surface area contributed by atoms with Crippen LogP contribution in [0.5, 0.6) is 0 Å². The molecule has 0 aromatic rings. The van der Waals surface area contributed by atoms with Crippen LogP contribution in [0, 0.1) is 0 Å². The molecule has 0 amide bonds. The van der Waals surface area contributed by atoms with Crippen molar-refractivity contribution >= 4 is 17.9 Å². The molecule has 0 heterocycles. The average Bonchev–Trinajstić information content (AvgIpc) is 3.27. The van der Waals surface area contributed by atoms with Crippen LogP contribution in [-0.2, 0) is 28.6 Å². The van der Waals surface area contributed by atoms with E-state index in [9.17, 15) is 14.4 Å². The zero-order valence-electron chi connectivity index (χ0n) is 40.6. The third kappa shape index (κ3) is 47.9. The van der Waals surface area contributed by atoms with E-state index in [0.29, 0.717) is 19.3 Å². The zero-order valence-corrected chi connectivity index (χ0v) is 40.6. The minimum absolute atomic E-state index is 0.0830. The molecule has 0 saturated heterocycles. The van der Waals surface area contributed by atoms with Crippen LogP contribution in [0.4, 0.5) is 0 Å². The second-order valence-corrected chi connectivity index (χ2v) is 17.1. The van der Waals surface area contributed by atoms with Gasteiger partial charge < -0.3 is 14.2 Å². The third-order valence-electron chi connectivity index (χ3n) is 11.0. The molecule has 0 bridgehead atoms. The fourth-order valence-electron chi connectivity index (χ4n) is 7.09. The highest BCUT2D eigenvalue weighted by molar-refractivity contribution is 5.71. The third-order valence-corrected chi connectivity index (χ3v) is 11.0. The van der Waals surface area contributed by atoms with Crippen LogP contribution in [0.2, 0.25) is 0 Å². The number of esters is 3. The number of rotatable bonds is 46. The van der Waals surface area contributed by atoms with Gasteiger partial charge in [0, 0.05) is 19.3 Å². The molecule has 1 unspecified atom stereocenters. The molecule has 356 valence electrons. The van der Waals surface area contributed by atoms with Crippen molar-refractivity contribution in [3.8, 4) is 0 Å². The molecule has 0 spiro atoms. The number of ether oxygens (including phenoxy) is 3. The number of carbonyl (C=O) groups excluding carboxylic acids is 3. The van der Waals surface area contributed by atoms with Gasteiger partial charge in [-0.1, -0.05) is 229 Å². The lowest BCUT2D eigenvalue weighted by Crippen LogP contribution is -2.30. The highest BCUT2D eigenvalue weighted by Crippen LogP contribution is 2.15.